The van der Waals surface area contributed by atoms with E-state index in [1.54, 1.807) is 25.1 Å². The lowest BCUT2D eigenvalue weighted by Gasteiger charge is -2.37. The predicted octanol–water partition coefficient (Wildman–Crippen LogP) is 1.73. The number of carbonyl (C=O) groups is 1. The summed E-state index contributed by atoms with van der Waals surface area (Å²) in [5.74, 6) is 0.310. The van der Waals surface area contributed by atoms with Gasteiger partial charge in [0.05, 0.1) is 0 Å². The van der Waals surface area contributed by atoms with Crippen molar-refractivity contribution in [3.63, 3.8) is 0 Å². The van der Waals surface area contributed by atoms with Gasteiger partial charge in [0, 0.05) is 43.3 Å². The van der Waals surface area contributed by atoms with Crippen LogP contribution in [0, 0.1) is 0 Å². The molecule has 0 spiro atoms. The van der Waals surface area contributed by atoms with Gasteiger partial charge in [0.1, 0.15) is 5.75 Å². The molecule has 1 atom stereocenters. The lowest BCUT2D eigenvalue weighted by Crippen LogP contribution is -2.49. The number of ketones is 1. The number of hydrogen-bond donors (Lipinski definition) is 1. The van der Waals surface area contributed by atoms with E-state index in [0.29, 0.717) is 18.2 Å². The summed E-state index contributed by atoms with van der Waals surface area (Å²) < 4.78 is 0. The number of nitrogens with zero attached hydrogens (tertiary/aromatic N) is 2. The van der Waals surface area contributed by atoms with Crippen molar-refractivity contribution in [2.45, 2.75) is 26.4 Å². The first-order chi connectivity index (χ1) is 8.97. The Kier molecular flexibility index (Phi) is 4.22. The third-order valence-electron chi connectivity index (χ3n) is 3.92. The van der Waals surface area contributed by atoms with E-state index in [0.717, 1.165) is 25.2 Å². The van der Waals surface area contributed by atoms with Crippen LogP contribution in [0.25, 0.3) is 0 Å². The lowest BCUT2D eigenvalue weighted by molar-refractivity contribution is 0.0988. The molecule has 104 valence electrons. The number of phenolic OH excluding ortho intramolecular Hbond substituents is 1. The molecule has 0 radical (unpaired) electrons. The van der Waals surface area contributed by atoms with Crippen LogP contribution in [-0.4, -0.2) is 53.4 Å². The van der Waals surface area contributed by atoms with Crippen molar-refractivity contribution in [1.82, 2.24) is 9.80 Å². The normalized spacial score (nSPS) is 21.5. The van der Waals surface area contributed by atoms with Crippen molar-refractivity contribution < 1.29 is 9.90 Å². The van der Waals surface area contributed by atoms with E-state index >= 15 is 0 Å². The summed E-state index contributed by atoms with van der Waals surface area (Å²) in [7, 11) is 2.13. The molecule has 1 saturated heterocycles. The fraction of sp³-hybridized carbons (Fsp3) is 0.533. The fourth-order valence-electron chi connectivity index (χ4n) is 2.44. The molecule has 0 amide bonds. The number of Topliss-reactive ketones (excluding diaryl/α,β-unsaturated/α-hetero) is 1. The largest absolute Gasteiger partial charge is 0.508 e. The van der Waals surface area contributed by atoms with Gasteiger partial charge in [-0.15, -0.1) is 0 Å². The second kappa shape index (κ2) is 5.72. The second-order valence-electron chi connectivity index (χ2n) is 5.46. The van der Waals surface area contributed by atoms with Crippen molar-refractivity contribution in [2.75, 3.05) is 26.7 Å². The molecule has 1 unspecified atom stereocenters. The maximum atomic E-state index is 11.4. The number of phenols is 1. The van der Waals surface area contributed by atoms with Gasteiger partial charge in [-0.3, -0.25) is 9.69 Å². The molecular formula is C15H22N2O2. The van der Waals surface area contributed by atoms with Crippen LogP contribution in [0.2, 0.25) is 0 Å². The predicted molar refractivity (Wildman–Crippen MR) is 75.5 cm³/mol. The molecule has 1 aromatic rings. The van der Waals surface area contributed by atoms with Crippen molar-refractivity contribution in [3.8, 4) is 5.75 Å². The lowest BCUT2D eigenvalue weighted by atomic mass is 10.1. The molecule has 4 heteroatoms. The summed E-state index contributed by atoms with van der Waals surface area (Å²) >= 11 is 0. The molecule has 2 rings (SSSR count). The van der Waals surface area contributed by atoms with Crippen LogP contribution in [0.1, 0.15) is 29.8 Å². The Morgan fingerprint density at radius 2 is 2.16 bits per heavy atom. The van der Waals surface area contributed by atoms with E-state index in [4.69, 9.17) is 0 Å². The van der Waals surface area contributed by atoms with Crippen molar-refractivity contribution in [3.05, 3.63) is 29.3 Å². The summed E-state index contributed by atoms with van der Waals surface area (Å²) in [5.41, 5.74) is 1.50. The van der Waals surface area contributed by atoms with Gasteiger partial charge < -0.3 is 10.0 Å². The van der Waals surface area contributed by atoms with Crippen LogP contribution in [0.3, 0.4) is 0 Å². The summed E-state index contributed by atoms with van der Waals surface area (Å²) in [4.78, 5) is 16.1. The van der Waals surface area contributed by atoms with E-state index in [1.165, 1.54) is 0 Å². The Morgan fingerprint density at radius 3 is 2.79 bits per heavy atom. The molecule has 19 heavy (non-hydrogen) atoms. The highest BCUT2D eigenvalue weighted by molar-refractivity contribution is 5.94. The Hall–Kier alpha value is -1.39. The minimum absolute atomic E-state index is 0.0352. The first-order valence-corrected chi connectivity index (χ1v) is 6.73. The summed E-state index contributed by atoms with van der Waals surface area (Å²) in [6, 6.07) is 5.62. The summed E-state index contributed by atoms with van der Waals surface area (Å²) in [5, 5.41) is 9.92. The zero-order valence-corrected chi connectivity index (χ0v) is 11.9. The number of piperazine rings is 1. The molecule has 1 fully saturated rings. The fourth-order valence-corrected chi connectivity index (χ4v) is 2.44. The maximum Gasteiger partial charge on any atom is 0.159 e. The minimum atomic E-state index is 0.0352. The van der Waals surface area contributed by atoms with Crippen LogP contribution >= 0.6 is 0 Å². The van der Waals surface area contributed by atoms with Crippen LogP contribution < -0.4 is 0 Å². The molecule has 0 aliphatic carbocycles. The SMILES string of the molecule is CC(=O)c1ccc(O)c(CN2CCN(C)C(C)C2)c1. The molecule has 0 aromatic heterocycles. The average Bonchev–Trinajstić information content (AvgIpc) is 2.36. The van der Waals surface area contributed by atoms with Gasteiger partial charge in [-0.25, -0.2) is 0 Å². The van der Waals surface area contributed by atoms with Crippen LogP contribution in [-0.2, 0) is 6.54 Å². The zero-order chi connectivity index (χ0) is 14.0. The smallest absolute Gasteiger partial charge is 0.159 e. The first-order valence-electron chi connectivity index (χ1n) is 6.73. The third kappa shape index (κ3) is 3.33. The van der Waals surface area contributed by atoms with Crippen LogP contribution in [0.15, 0.2) is 18.2 Å². The van der Waals surface area contributed by atoms with Crippen molar-refractivity contribution >= 4 is 5.78 Å². The van der Waals surface area contributed by atoms with Gasteiger partial charge in [-0.1, -0.05) is 0 Å². The Morgan fingerprint density at radius 1 is 1.42 bits per heavy atom. The highest BCUT2D eigenvalue weighted by atomic mass is 16.3. The summed E-state index contributed by atoms with van der Waals surface area (Å²) in [6.45, 7) is 7.47. The van der Waals surface area contributed by atoms with Crippen molar-refractivity contribution in [1.29, 1.82) is 0 Å². The summed E-state index contributed by atoms with van der Waals surface area (Å²) in [6.07, 6.45) is 0. The zero-order valence-electron chi connectivity index (χ0n) is 11.9. The van der Waals surface area contributed by atoms with Gasteiger partial charge in [0.2, 0.25) is 0 Å². The number of benzene rings is 1. The highest BCUT2D eigenvalue weighted by Crippen LogP contribution is 2.22. The average molecular weight is 262 g/mol. The van der Waals surface area contributed by atoms with Crippen LogP contribution in [0.4, 0.5) is 0 Å². The monoisotopic (exact) mass is 262 g/mol. The topological polar surface area (TPSA) is 43.8 Å². The highest BCUT2D eigenvalue weighted by Gasteiger charge is 2.21. The van der Waals surface area contributed by atoms with E-state index < -0.39 is 0 Å². The van der Waals surface area contributed by atoms with E-state index in [9.17, 15) is 9.90 Å². The molecule has 0 bridgehead atoms. The number of rotatable bonds is 3. The van der Waals surface area contributed by atoms with Gasteiger partial charge in [0.15, 0.2) is 5.78 Å². The van der Waals surface area contributed by atoms with Gasteiger partial charge in [-0.2, -0.15) is 0 Å². The quantitative estimate of drug-likeness (QED) is 0.843. The molecule has 0 saturated carbocycles. The van der Waals surface area contributed by atoms with E-state index in [-0.39, 0.29) is 11.5 Å². The molecule has 1 aliphatic rings. The number of aromatic hydroxyl groups is 1. The third-order valence-corrected chi connectivity index (χ3v) is 3.92. The van der Waals surface area contributed by atoms with E-state index in [1.807, 2.05) is 0 Å². The minimum Gasteiger partial charge on any atom is -0.508 e. The number of hydrogen-bond acceptors (Lipinski definition) is 4. The molecule has 1 N–H and O–H groups in total. The molecule has 1 aliphatic heterocycles. The van der Waals surface area contributed by atoms with E-state index in [2.05, 4.69) is 23.8 Å². The second-order valence-corrected chi connectivity index (χ2v) is 5.46. The van der Waals surface area contributed by atoms with Crippen LogP contribution in [0.5, 0.6) is 5.75 Å². The Balaban J connectivity index is 2.10. The standard InChI is InChI=1S/C15H22N2O2/c1-11-9-17(7-6-16(11)3)10-14-8-13(12(2)18)4-5-15(14)19/h4-5,8,11,19H,6-7,9-10H2,1-3H3. The maximum absolute atomic E-state index is 11.4. The van der Waals surface area contributed by atoms with Gasteiger partial charge >= 0.3 is 0 Å². The molecular weight excluding hydrogens is 240 g/mol. The van der Waals surface area contributed by atoms with Gasteiger partial charge in [0.25, 0.3) is 0 Å². The van der Waals surface area contributed by atoms with Crippen molar-refractivity contribution in [2.24, 2.45) is 0 Å². The molecule has 1 aromatic carbocycles. The van der Waals surface area contributed by atoms with Gasteiger partial charge in [-0.05, 0) is 39.1 Å². The first kappa shape index (κ1) is 14.0. The number of carbonyl (C=O) groups excluding carboxylic acids is 1. The molecule has 4 nitrogen and oxygen atoms in total. The Bertz CT molecular complexity index is 473. The number of likely N-dealkylation sites (N-methyl/N-ethyl adjacent to an activating group) is 1. The molecule has 1 heterocycles. The Labute approximate surface area is 114 Å².